The Hall–Kier alpha value is -1.07. The van der Waals surface area contributed by atoms with E-state index in [1.807, 2.05) is 0 Å². The second-order valence-corrected chi connectivity index (χ2v) is 3.44. The van der Waals surface area contributed by atoms with E-state index in [2.05, 4.69) is 0 Å². The van der Waals surface area contributed by atoms with Crippen LogP contribution < -0.4 is 15.2 Å². The molecule has 1 aromatic rings. The molecule has 2 N–H and O–H groups in total. The summed E-state index contributed by atoms with van der Waals surface area (Å²) in [5.74, 6) is 0.579. The number of alkyl halides is 2. The molecule has 0 unspecified atom stereocenters. The van der Waals surface area contributed by atoms with E-state index in [1.165, 1.54) is 26.4 Å². The van der Waals surface area contributed by atoms with E-state index in [0.29, 0.717) is 5.75 Å². The van der Waals surface area contributed by atoms with Gasteiger partial charge in [0.15, 0.2) is 11.5 Å². The first-order valence-corrected chi connectivity index (χ1v) is 4.84. The van der Waals surface area contributed by atoms with Gasteiger partial charge in [-0.1, -0.05) is 17.7 Å². The highest BCUT2D eigenvalue weighted by atomic mass is 35.5. The van der Waals surface area contributed by atoms with Crippen molar-refractivity contribution in [1.29, 1.82) is 0 Å². The Morgan fingerprint density at radius 2 is 1.88 bits per heavy atom. The Kier molecular flexibility index (Phi) is 4.32. The van der Waals surface area contributed by atoms with Crippen LogP contribution in [0.3, 0.4) is 0 Å². The number of rotatable bonds is 4. The minimum atomic E-state index is -2.68. The van der Waals surface area contributed by atoms with E-state index < -0.39 is 12.5 Å². The van der Waals surface area contributed by atoms with Gasteiger partial charge in [0.2, 0.25) is 0 Å². The Labute approximate surface area is 97.1 Å². The van der Waals surface area contributed by atoms with Crippen molar-refractivity contribution in [1.82, 2.24) is 0 Å². The fraction of sp³-hybridized carbons (Fsp3) is 0.400. The predicted molar refractivity (Wildman–Crippen MR) is 57.5 cm³/mol. The van der Waals surface area contributed by atoms with E-state index in [-0.39, 0.29) is 16.3 Å². The molecule has 1 aromatic carbocycles. The van der Waals surface area contributed by atoms with Crippen molar-refractivity contribution in [2.45, 2.75) is 12.5 Å². The van der Waals surface area contributed by atoms with E-state index in [0.717, 1.165) is 0 Å². The first-order chi connectivity index (χ1) is 7.52. The average molecular weight is 252 g/mol. The second-order valence-electron chi connectivity index (χ2n) is 3.06. The molecule has 0 saturated carbocycles. The summed E-state index contributed by atoms with van der Waals surface area (Å²) in [5, 5.41) is 0.0506. The zero-order valence-electron chi connectivity index (χ0n) is 8.84. The number of halogens is 3. The van der Waals surface area contributed by atoms with E-state index in [1.54, 1.807) is 0 Å². The molecule has 6 heteroatoms. The maximum Gasteiger partial charge on any atom is 0.257 e. The van der Waals surface area contributed by atoms with Gasteiger partial charge < -0.3 is 15.2 Å². The highest BCUT2D eigenvalue weighted by molar-refractivity contribution is 6.33. The van der Waals surface area contributed by atoms with Crippen LogP contribution in [0.4, 0.5) is 8.78 Å². The fourth-order valence-electron chi connectivity index (χ4n) is 1.30. The summed E-state index contributed by atoms with van der Waals surface area (Å²) in [5.41, 5.74) is 5.46. The smallest absolute Gasteiger partial charge is 0.257 e. The molecule has 0 radical (unpaired) electrons. The Morgan fingerprint density at radius 1 is 1.25 bits per heavy atom. The van der Waals surface area contributed by atoms with Crippen molar-refractivity contribution < 1.29 is 18.3 Å². The number of ether oxygens (including phenoxy) is 2. The molecule has 0 bridgehead atoms. The van der Waals surface area contributed by atoms with Gasteiger partial charge in [-0.25, -0.2) is 8.78 Å². The summed E-state index contributed by atoms with van der Waals surface area (Å²) in [6.07, 6.45) is -2.68. The third-order valence-electron chi connectivity index (χ3n) is 2.15. The van der Waals surface area contributed by atoms with E-state index >= 15 is 0 Å². The van der Waals surface area contributed by atoms with E-state index in [4.69, 9.17) is 26.8 Å². The molecule has 90 valence electrons. The molecule has 0 aromatic heterocycles. The number of nitrogens with two attached hydrogens (primary N) is 1. The largest absolute Gasteiger partial charge is 0.493 e. The SMILES string of the molecule is COc1ccc([C@@H](N)C(F)F)c(Cl)c1OC. The molecular formula is C10H12ClF2NO2. The van der Waals surface area contributed by atoms with Crippen molar-refractivity contribution in [2.24, 2.45) is 5.73 Å². The summed E-state index contributed by atoms with van der Waals surface area (Å²) in [6.45, 7) is 0. The Morgan fingerprint density at radius 3 is 2.31 bits per heavy atom. The van der Waals surface area contributed by atoms with Crippen molar-refractivity contribution in [3.8, 4) is 11.5 Å². The summed E-state index contributed by atoms with van der Waals surface area (Å²) in [7, 11) is 2.81. The van der Waals surface area contributed by atoms with Gasteiger partial charge in [-0.2, -0.15) is 0 Å². The molecule has 0 amide bonds. The maximum absolute atomic E-state index is 12.5. The summed E-state index contributed by atoms with van der Waals surface area (Å²) >= 11 is 5.91. The molecular weight excluding hydrogens is 240 g/mol. The van der Waals surface area contributed by atoms with Gasteiger partial charge >= 0.3 is 0 Å². The molecule has 1 atom stereocenters. The lowest BCUT2D eigenvalue weighted by Gasteiger charge is -2.16. The van der Waals surface area contributed by atoms with Gasteiger partial charge in [-0.05, 0) is 11.6 Å². The summed E-state index contributed by atoms with van der Waals surface area (Å²) in [4.78, 5) is 0. The van der Waals surface area contributed by atoms with Gasteiger partial charge in [0.05, 0.1) is 25.3 Å². The average Bonchev–Trinajstić information content (AvgIpc) is 2.27. The zero-order valence-corrected chi connectivity index (χ0v) is 9.59. The normalized spacial score (nSPS) is 12.7. The highest BCUT2D eigenvalue weighted by Gasteiger charge is 2.23. The quantitative estimate of drug-likeness (QED) is 0.895. The molecule has 0 spiro atoms. The van der Waals surface area contributed by atoms with Crippen molar-refractivity contribution in [3.05, 3.63) is 22.7 Å². The molecule has 16 heavy (non-hydrogen) atoms. The van der Waals surface area contributed by atoms with Crippen molar-refractivity contribution in [2.75, 3.05) is 14.2 Å². The van der Waals surface area contributed by atoms with Crippen LogP contribution >= 0.6 is 11.6 Å². The first kappa shape index (κ1) is 13.0. The van der Waals surface area contributed by atoms with Gasteiger partial charge in [-0.15, -0.1) is 0 Å². The summed E-state index contributed by atoms with van der Waals surface area (Å²) < 4.78 is 34.9. The topological polar surface area (TPSA) is 44.5 Å². The van der Waals surface area contributed by atoms with Crippen LogP contribution in [0.15, 0.2) is 12.1 Å². The lowest BCUT2D eigenvalue weighted by Crippen LogP contribution is -2.19. The minimum absolute atomic E-state index is 0.0506. The van der Waals surface area contributed by atoms with Crippen molar-refractivity contribution >= 4 is 11.6 Å². The molecule has 0 aliphatic heterocycles. The molecule has 0 saturated heterocycles. The molecule has 0 aliphatic carbocycles. The van der Waals surface area contributed by atoms with Gasteiger partial charge in [0, 0.05) is 0 Å². The fourth-order valence-corrected chi connectivity index (χ4v) is 1.66. The lowest BCUT2D eigenvalue weighted by molar-refractivity contribution is 0.116. The molecule has 0 aliphatic rings. The Balaban J connectivity index is 3.23. The minimum Gasteiger partial charge on any atom is -0.493 e. The molecule has 0 heterocycles. The van der Waals surface area contributed by atoms with Crippen LogP contribution in [-0.4, -0.2) is 20.6 Å². The van der Waals surface area contributed by atoms with Crippen LogP contribution in [-0.2, 0) is 0 Å². The number of hydrogen-bond donors (Lipinski definition) is 1. The first-order valence-electron chi connectivity index (χ1n) is 4.47. The van der Waals surface area contributed by atoms with Crippen LogP contribution in [0.25, 0.3) is 0 Å². The Bertz CT molecular complexity index is 374. The number of hydrogen-bond acceptors (Lipinski definition) is 3. The third kappa shape index (κ3) is 2.36. The van der Waals surface area contributed by atoms with Crippen molar-refractivity contribution in [3.63, 3.8) is 0 Å². The predicted octanol–water partition coefficient (Wildman–Crippen LogP) is 2.62. The second kappa shape index (κ2) is 5.32. The molecule has 1 rings (SSSR count). The monoisotopic (exact) mass is 251 g/mol. The molecule has 0 fully saturated rings. The van der Waals surface area contributed by atoms with Crippen LogP contribution in [0.5, 0.6) is 11.5 Å². The standard InChI is InChI=1S/C10H12ClF2NO2/c1-15-6-4-3-5(8(14)10(12)13)7(11)9(6)16-2/h3-4,8,10H,14H2,1-2H3/t8-/m1/s1. The van der Waals surface area contributed by atoms with Gasteiger partial charge in [-0.3, -0.25) is 0 Å². The third-order valence-corrected chi connectivity index (χ3v) is 2.54. The van der Waals surface area contributed by atoms with Crippen LogP contribution in [0, 0.1) is 0 Å². The van der Waals surface area contributed by atoms with Crippen LogP contribution in [0.2, 0.25) is 5.02 Å². The number of benzene rings is 1. The van der Waals surface area contributed by atoms with Gasteiger partial charge in [0.1, 0.15) is 0 Å². The zero-order chi connectivity index (χ0) is 12.3. The molecule has 3 nitrogen and oxygen atoms in total. The maximum atomic E-state index is 12.5. The van der Waals surface area contributed by atoms with Crippen LogP contribution in [0.1, 0.15) is 11.6 Å². The number of methoxy groups -OCH3 is 2. The highest BCUT2D eigenvalue weighted by Crippen LogP contribution is 2.40. The lowest BCUT2D eigenvalue weighted by atomic mass is 10.1. The van der Waals surface area contributed by atoms with E-state index in [9.17, 15) is 8.78 Å². The summed E-state index contributed by atoms with van der Waals surface area (Å²) in [6, 6.07) is 1.45. The van der Waals surface area contributed by atoms with Gasteiger partial charge in [0.25, 0.3) is 6.43 Å².